The Labute approximate surface area is 148 Å². The van der Waals surface area contributed by atoms with Gasteiger partial charge in [0.1, 0.15) is 18.0 Å². The topological polar surface area (TPSA) is 73.0 Å². The number of thiazole rings is 1. The number of fused-ring (bicyclic) bond motifs is 1. The summed E-state index contributed by atoms with van der Waals surface area (Å²) >= 11 is 1.50. The smallest absolute Gasteiger partial charge is 0.240 e. The Morgan fingerprint density at radius 1 is 1.32 bits per heavy atom. The normalized spacial score (nSPS) is 12.4. The number of imidazole rings is 1. The van der Waals surface area contributed by atoms with Crippen LogP contribution in [0.2, 0.25) is 0 Å². The lowest BCUT2D eigenvalue weighted by Gasteiger charge is -2.13. The van der Waals surface area contributed by atoms with E-state index < -0.39 is 0 Å². The zero-order valence-electron chi connectivity index (χ0n) is 13.5. The molecule has 0 spiro atoms. The van der Waals surface area contributed by atoms with Gasteiger partial charge in [0.25, 0.3) is 0 Å². The maximum Gasteiger partial charge on any atom is 0.240 e. The summed E-state index contributed by atoms with van der Waals surface area (Å²) in [5, 5.41) is 4.89. The SMILES string of the molecule is CC(NC(=O)Cn1c(-c2cscn2)nc2ccccc21)c1ccco1. The molecule has 0 saturated heterocycles. The minimum atomic E-state index is -0.194. The van der Waals surface area contributed by atoms with E-state index >= 15 is 0 Å². The van der Waals surface area contributed by atoms with Crippen molar-refractivity contribution in [2.45, 2.75) is 19.5 Å². The van der Waals surface area contributed by atoms with Crippen LogP contribution in [0, 0.1) is 0 Å². The summed E-state index contributed by atoms with van der Waals surface area (Å²) in [6, 6.07) is 11.2. The van der Waals surface area contributed by atoms with Gasteiger partial charge >= 0.3 is 0 Å². The van der Waals surface area contributed by atoms with E-state index in [9.17, 15) is 4.79 Å². The van der Waals surface area contributed by atoms with Gasteiger partial charge in [0.2, 0.25) is 5.91 Å². The number of carbonyl (C=O) groups is 1. The number of furan rings is 1. The number of benzene rings is 1. The van der Waals surface area contributed by atoms with E-state index in [4.69, 9.17) is 4.42 Å². The third-order valence-corrected chi connectivity index (χ3v) is 4.55. The number of nitrogens with zero attached hydrogens (tertiary/aromatic N) is 3. The second-order valence-electron chi connectivity index (χ2n) is 5.69. The molecule has 6 nitrogen and oxygen atoms in total. The number of nitrogens with one attached hydrogen (secondary N) is 1. The predicted octanol–water partition coefficient (Wildman–Crippen LogP) is 3.63. The van der Waals surface area contributed by atoms with Gasteiger partial charge in [0.05, 0.1) is 28.8 Å². The van der Waals surface area contributed by atoms with Crippen molar-refractivity contribution in [3.8, 4) is 11.5 Å². The van der Waals surface area contributed by atoms with E-state index in [1.54, 1.807) is 11.8 Å². The lowest BCUT2D eigenvalue weighted by Crippen LogP contribution is -2.30. The number of para-hydroxylation sites is 2. The first-order valence-corrected chi connectivity index (χ1v) is 8.83. The molecular formula is C18H16N4O2S. The van der Waals surface area contributed by atoms with E-state index in [2.05, 4.69) is 15.3 Å². The molecule has 1 unspecified atom stereocenters. The maximum atomic E-state index is 12.6. The van der Waals surface area contributed by atoms with Crippen molar-refractivity contribution in [2.75, 3.05) is 0 Å². The summed E-state index contributed by atoms with van der Waals surface area (Å²) in [4.78, 5) is 21.5. The predicted molar refractivity (Wildman–Crippen MR) is 96.1 cm³/mol. The van der Waals surface area contributed by atoms with Crippen molar-refractivity contribution in [3.63, 3.8) is 0 Å². The Balaban J connectivity index is 1.64. The second-order valence-corrected chi connectivity index (χ2v) is 6.41. The quantitative estimate of drug-likeness (QED) is 0.595. The first kappa shape index (κ1) is 15.6. The largest absolute Gasteiger partial charge is 0.467 e. The van der Waals surface area contributed by atoms with Gasteiger partial charge in [0.15, 0.2) is 5.82 Å². The van der Waals surface area contributed by atoms with Gasteiger partial charge in [-0.3, -0.25) is 4.79 Å². The molecule has 1 atom stereocenters. The highest BCUT2D eigenvalue weighted by Crippen LogP contribution is 2.24. The third kappa shape index (κ3) is 3.06. The number of rotatable bonds is 5. The lowest BCUT2D eigenvalue weighted by atomic mass is 10.2. The fourth-order valence-electron chi connectivity index (χ4n) is 2.79. The van der Waals surface area contributed by atoms with Crippen LogP contribution in [0.5, 0.6) is 0 Å². The van der Waals surface area contributed by atoms with Gasteiger partial charge in [-0.2, -0.15) is 0 Å². The minimum absolute atomic E-state index is 0.108. The average molecular weight is 352 g/mol. The molecule has 0 aliphatic heterocycles. The van der Waals surface area contributed by atoms with Crippen LogP contribution in [0.3, 0.4) is 0 Å². The second kappa shape index (κ2) is 6.52. The first-order valence-electron chi connectivity index (χ1n) is 7.89. The Morgan fingerprint density at radius 3 is 2.96 bits per heavy atom. The number of aromatic nitrogens is 3. The molecule has 0 radical (unpaired) electrons. The van der Waals surface area contributed by atoms with Crippen molar-refractivity contribution in [1.82, 2.24) is 19.9 Å². The summed E-state index contributed by atoms with van der Waals surface area (Å²) in [6.07, 6.45) is 1.60. The van der Waals surface area contributed by atoms with E-state index in [-0.39, 0.29) is 18.5 Å². The van der Waals surface area contributed by atoms with Crippen LogP contribution < -0.4 is 5.32 Å². The fourth-order valence-corrected chi connectivity index (χ4v) is 3.32. The number of hydrogen-bond donors (Lipinski definition) is 1. The number of carbonyl (C=O) groups excluding carboxylic acids is 1. The van der Waals surface area contributed by atoms with Gasteiger partial charge in [-0.1, -0.05) is 12.1 Å². The number of hydrogen-bond acceptors (Lipinski definition) is 5. The fraction of sp³-hybridized carbons (Fsp3) is 0.167. The highest BCUT2D eigenvalue weighted by Gasteiger charge is 2.18. The van der Waals surface area contributed by atoms with Crippen molar-refractivity contribution in [3.05, 3.63) is 59.3 Å². The number of amides is 1. The van der Waals surface area contributed by atoms with Gasteiger partial charge in [-0.25, -0.2) is 9.97 Å². The summed E-state index contributed by atoms with van der Waals surface area (Å²) in [5.74, 6) is 1.32. The highest BCUT2D eigenvalue weighted by molar-refractivity contribution is 7.07. The van der Waals surface area contributed by atoms with E-state index in [1.807, 2.05) is 53.3 Å². The molecule has 4 aromatic rings. The highest BCUT2D eigenvalue weighted by atomic mass is 32.1. The van der Waals surface area contributed by atoms with Crippen LogP contribution in [0.4, 0.5) is 0 Å². The average Bonchev–Trinajstić information content (AvgIpc) is 3.36. The zero-order chi connectivity index (χ0) is 17.2. The third-order valence-electron chi connectivity index (χ3n) is 3.97. The van der Waals surface area contributed by atoms with Crippen LogP contribution in [-0.4, -0.2) is 20.4 Å². The molecule has 1 N–H and O–H groups in total. The van der Waals surface area contributed by atoms with E-state index in [1.165, 1.54) is 11.3 Å². The molecule has 1 aromatic carbocycles. The molecule has 1 amide bonds. The molecule has 0 fully saturated rings. The van der Waals surface area contributed by atoms with Crippen molar-refractivity contribution < 1.29 is 9.21 Å². The monoisotopic (exact) mass is 352 g/mol. The Bertz CT molecular complexity index is 990. The molecule has 3 heterocycles. The van der Waals surface area contributed by atoms with Crippen molar-refractivity contribution in [1.29, 1.82) is 0 Å². The first-order chi connectivity index (χ1) is 12.2. The zero-order valence-corrected chi connectivity index (χ0v) is 14.4. The molecule has 25 heavy (non-hydrogen) atoms. The van der Waals surface area contributed by atoms with Crippen molar-refractivity contribution in [2.24, 2.45) is 0 Å². The van der Waals surface area contributed by atoms with Gasteiger partial charge in [0, 0.05) is 5.38 Å². The summed E-state index contributed by atoms with van der Waals surface area (Å²) < 4.78 is 7.24. The van der Waals surface area contributed by atoms with Crippen LogP contribution in [0.15, 0.2) is 58.0 Å². The summed E-state index contributed by atoms with van der Waals surface area (Å²) in [6.45, 7) is 2.06. The maximum absolute atomic E-state index is 12.6. The Kier molecular flexibility index (Phi) is 4.07. The summed E-state index contributed by atoms with van der Waals surface area (Å²) in [7, 11) is 0. The molecule has 0 aliphatic rings. The van der Waals surface area contributed by atoms with Gasteiger partial charge in [-0.05, 0) is 31.2 Å². The van der Waals surface area contributed by atoms with E-state index in [0.717, 1.165) is 22.5 Å². The van der Waals surface area contributed by atoms with E-state index in [0.29, 0.717) is 5.82 Å². The van der Waals surface area contributed by atoms with Crippen LogP contribution in [0.25, 0.3) is 22.6 Å². The molecule has 0 aliphatic carbocycles. The molecular weight excluding hydrogens is 336 g/mol. The standard InChI is InChI=1S/C18H16N4O2S/c1-12(16-7-4-8-24-16)20-17(23)9-22-15-6-3-2-5-13(15)21-18(22)14-10-25-11-19-14/h2-8,10-12H,9H2,1H3,(H,20,23). The van der Waals surface area contributed by atoms with Crippen LogP contribution in [0.1, 0.15) is 18.7 Å². The van der Waals surface area contributed by atoms with Gasteiger partial charge < -0.3 is 14.3 Å². The summed E-state index contributed by atoms with van der Waals surface area (Å²) in [5.41, 5.74) is 4.29. The van der Waals surface area contributed by atoms with Crippen molar-refractivity contribution >= 4 is 28.3 Å². The molecule has 7 heteroatoms. The molecule has 3 aromatic heterocycles. The van der Waals surface area contributed by atoms with Crippen LogP contribution in [-0.2, 0) is 11.3 Å². The molecule has 126 valence electrons. The van der Waals surface area contributed by atoms with Gasteiger partial charge in [-0.15, -0.1) is 11.3 Å². The molecule has 0 bridgehead atoms. The Morgan fingerprint density at radius 2 is 2.20 bits per heavy atom. The molecule has 4 rings (SSSR count). The molecule has 0 saturated carbocycles. The Hall–Kier alpha value is -2.93. The minimum Gasteiger partial charge on any atom is -0.467 e. The van der Waals surface area contributed by atoms with Crippen LogP contribution >= 0.6 is 11.3 Å². The lowest BCUT2D eigenvalue weighted by molar-refractivity contribution is -0.122.